The van der Waals surface area contributed by atoms with Gasteiger partial charge in [0.2, 0.25) is 5.82 Å². The highest BCUT2D eigenvalue weighted by Crippen LogP contribution is 2.24. The summed E-state index contributed by atoms with van der Waals surface area (Å²) in [5.41, 5.74) is 5.01. The summed E-state index contributed by atoms with van der Waals surface area (Å²) in [6, 6.07) is -0.0937. The van der Waals surface area contributed by atoms with Crippen LogP contribution >= 0.6 is 0 Å². The molecular formula is C14H19F5N2. The molecule has 2 nitrogen and oxygen atoms in total. The summed E-state index contributed by atoms with van der Waals surface area (Å²) in [5, 5.41) is 0. The molecule has 0 aliphatic rings. The van der Waals surface area contributed by atoms with Crippen LogP contribution in [0.4, 0.5) is 22.0 Å². The fourth-order valence-corrected chi connectivity index (χ4v) is 1.84. The van der Waals surface area contributed by atoms with Crippen molar-refractivity contribution in [2.75, 3.05) is 13.6 Å². The molecule has 7 heteroatoms. The van der Waals surface area contributed by atoms with Gasteiger partial charge in [0.15, 0.2) is 23.3 Å². The van der Waals surface area contributed by atoms with Gasteiger partial charge in [0, 0.05) is 18.2 Å². The first-order valence-electron chi connectivity index (χ1n) is 6.61. The number of nitrogens with zero attached hydrogens (tertiary/aromatic N) is 1. The number of halogens is 5. The monoisotopic (exact) mass is 310 g/mol. The summed E-state index contributed by atoms with van der Waals surface area (Å²) < 4.78 is 66.1. The van der Waals surface area contributed by atoms with E-state index in [4.69, 9.17) is 5.73 Å². The molecule has 0 amide bonds. The Hall–Kier alpha value is -1.21. The maximum atomic E-state index is 13.5. The Bertz CT molecular complexity index is 476. The molecule has 0 spiro atoms. The smallest absolute Gasteiger partial charge is 0.200 e. The van der Waals surface area contributed by atoms with Crippen LogP contribution < -0.4 is 5.73 Å². The molecule has 2 N–H and O–H groups in total. The summed E-state index contributed by atoms with van der Waals surface area (Å²) in [4.78, 5) is 1.47. The van der Waals surface area contributed by atoms with E-state index in [0.29, 0.717) is 13.0 Å². The van der Waals surface area contributed by atoms with Gasteiger partial charge in [0.25, 0.3) is 0 Å². The van der Waals surface area contributed by atoms with E-state index in [9.17, 15) is 22.0 Å². The van der Waals surface area contributed by atoms with Gasteiger partial charge >= 0.3 is 0 Å². The van der Waals surface area contributed by atoms with Gasteiger partial charge in [0.1, 0.15) is 0 Å². The van der Waals surface area contributed by atoms with Crippen LogP contribution in [0.15, 0.2) is 0 Å². The Morgan fingerprint density at radius 3 is 1.76 bits per heavy atom. The van der Waals surface area contributed by atoms with Gasteiger partial charge in [-0.05, 0) is 25.9 Å². The van der Waals surface area contributed by atoms with Crippen LogP contribution in [0.3, 0.4) is 0 Å². The minimum atomic E-state index is -2.14. The average Bonchev–Trinajstić information content (AvgIpc) is 2.44. The van der Waals surface area contributed by atoms with Crippen molar-refractivity contribution in [1.29, 1.82) is 0 Å². The number of rotatable bonds is 6. The maximum Gasteiger partial charge on any atom is 0.200 e. The van der Waals surface area contributed by atoms with Crippen molar-refractivity contribution in [1.82, 2.24) is 4.90 Å². The minimum Gasteiger partial charge on any atom is -0.327 e. The molecule has 0 aliphatic heterocycles. The summed E-state index contributed by atoms with van der Waals surface area (Å²) in [5.74, 6) is -9.31. The van der Waals surface area contributed by atoms with E-state index >= 15 is 0 Å². The molecule has 1 aromatic rings. The fourth-order valence-electron chi connectivity index (χ4n) is 1.84. The third-order valence-corrected chi connectivity index (χ3v) is 3.43. The summed E-state index contributed by atoms with van der Waals surface area (Å²) in [7, 11) is 1.53. The topological polar surface area (TPSA) is 29.3 Å². The molecule has 0 heterocycles. The van der Waals surface area contributed by atoms with Crippen molar-refractivity contribution in [3.8, 4) is 0 Å². The second-order valence-electron chi connectivity index (χ2n) is 5.48. The molecular weight excluding hydrogens is 291 g/mol. The molecule has 0 aromatic heterocycles. The van der Waals surface area contributed by atoms with Crippen LogP contribution in [0.25, 0.3) is 0 Å². The van der Waals surface area contributed by atoms with Gasteiger partial charge in [-0.2, -0.15) is 0 Å². The van der Waals surface area contributed by atoms with Crippen LogP contribution in [0.5, 0.6) is 0 Å². The van der Waals surface area contributed by atoms with E-state index in [-0.39, 0.29) is 18.5 Å². The number of nitrogens with two attached hydrogens (primary N) is 1. The summed E-state index contributed by atoms with van der Waals surface area (Å²) in [6.07, 6.45) is 0.559. The standard InChI is InChI=1S/C14H19F5N2/c1-7(2)9(20)4-5-21(3)6-8-10(15)12(17)14(19)13(18)11(8)16/h7,9H,4-6,20H2,1-3H3. The number of hydrogen-bond acceptors (Lipinski definition) is 2. The molecule has 1 unspecified atom stereocenters. The third-order valence-electron chi connectivity index (χ3n) is 3.43. The summed E-state index contributed by atoms with van der Waals surface area (Å²) >= 11 is 0. The van der Waals surface area contributed by atoms with Gasteiger partial charge in [-0.1, -0.05) is 13.8 Å². The average molecular weight is 310 g/mol. The van der Waals surface area contributed by atoms with E-state index in [1.807, 2.05) is 13.8 Å². The van der Waals surface area contributed by atoms with Crippen molar-refractivity contribution in [3.05, 3.63) is 34.6 Å². The van der Waals surface area contributed by atoms with Crippen molar-refractivity contribution in [2.24, 2.45) is 11.7 Å². The first-order chi connectivity index (χ1) is 9.66. The Labute approximate surface area is 120 Å². The molecule has 0 saturated heterocycles. The normalized spacial score (nSPS) is 13.3. The highest BCUT2D eigenvalue weighted by atomic mass is 19.2. The van der Waals surface area contributed by atoms with Crippen LogP contribution in [0.1, 0.15) is 25.8 Å². The van der Waals surface area contributed by atoms with Crippen LogP contribution in [0.2, 0.25) is 0 Å². The first-order valence-corrected chi connectivity index (χ1v) is 6.61. The lowest BCUT2D eigenvalue weighted by Crippen LogP contribution is -2.32. The Balaban J connectivity index is 2.84. The predicted molar refractivity (Wildman–Crippen MR) is 70.0 cm³/mol. The lowest BCUT2D eigenvalue weighted by Gasteiger charge is -2.22. The quantitative estimate of drug-likeness (QED) is 0.497. The van der Waals surface area contributed by atoms with Gasteiger partial charge in [0.05, 0.1) is 0 Å². The van der Waals surface area contributed by atoms with Gasteiger partial charge < -0.3 is 10.6 Å². The molecule has 0 saturated carbocycles. The zero-order valence-corrected chi connectivity index (χ0v) is 12.2. The Morgan fingerprint density at radius 1 is 0.905 bits per heavy atom. The SMILES string of the molecule is CC(C)C(N)CCN(C)Cc1c(F)c(F)c(F)c(F)c1F. The second kappa shape index (κ2) is 7.17. The van der Waals surface area contributed by atoms with Gasteiger partial charge in [-0.25, -0.2) is 22.0 Å². The van der Waals surface area contributed by atoms with Gasteiger partial charge in [-0.15, -0.1) is 0 Å². The van der Waals surface area contributed by atoms with E-state index < -0.39 is 34.6 Å². The molecule has 1 aromatic carbocycles. The largest absolute Gasteiger partial charge is 0.327 e. The molecule has 0 aliphatic carbocycles. The highest BCUT2D eigenvalue weighted by Gasteiger charge is 2.26. The first kappa shape index (κ1) is 17.8. The lowest BCUT2D eigenvalue weighted by molar-refractivity contribution is 0.279. The van der Waals surface area contributed by atoms with Crippen molar-refractivity contribution in [3.63, 3.8) is 0 Å². The molecule has 21 heavy (non-hydrogen) atoms. The molecule has 1 rings (SSSR count). The molecule has 1 atom stereocenters. The van der Waals surface area contributed by atoms with Crippen LogP contribution in [-0.2, 0) is 6.54 Å². The predicted octanol–water partition coefficient (Wildman–Crippen LogP) is 3.19. The zero-order valence-electron chi connectivity index (χ0n) is 12.2. The second-order valence-corrected chi connectivity index (χ2v) is 5.48. The minimum absolute atomic E-state index is 0.0937. The zero-order chi connectivity index (χ0) is 16.3. The van der Waals surface area contributed by atoms with E-state index in [2.05, 4.69) is 0 Å². The Kier molecular flexibility index (Phi) is 6.10. The van der Waals surface area contributed by atoms with Crippen molar-refractivity contribution >= 4 is 0 Å². The van der Waals surface area contributed by atoms with Crippen molar-refractivity contribution in [2.45, 2.75) is 32.9 Å². The fraction of sp³-hybridized carbons (Fsp3) is 0.571. The van der Waals surface area contributed by atoms with E-state index in [1.165, 1.54) is 11.9 Å². The van der Waals surface area contributed by atoms with E-state index in [0.717, 1.165) is 0 Å². The molecule has 0 fully saturated rings. The number of hydrogen-bond donors (Lipinski definition) is 1. The van der Waals surface area contributed by atoms with E-state index in [1.54, 1.807) is 0 Å². The van der Waals surface area contributed by atoms with Crippen molar-refractivity contribution < 1.29 is 22.0 Å². The summed E-state index contributed by atoms with van der Waals surface area (Å²) in [6.45, 7) is 3.89. The third kappa shape index (κ3) is 4.14. The molecule has 120 valence electrons. The van der Waals surface area contributed by atoms with Gasteiger partial charge in [-0.3, -0.25) is 0 Å². The maximum absolute atomic E-state index is 13.5. The number of benzene rings is 1. The van der Waals surface area contributed by atoms with Crippen LogP contribution in [-0.4, -0.2) is 24.5 Å². The molecule has 0 radical (unpaired) electrons. The highest BCUT2D eigenvalue weighted by molar-refractivity contribution is 5.24. The Morgan fingerprint density at radius 2 is 1.33 bits per heavy atom. The molecule has 0 bridgehead atoms. The lowest BCUT2D eigenvalue weighted by atomic mass is 10.0. The van der Waals surface area contributed by atoms with Crippen LogP contribution in [0, 0.1) is 35.0 Å².